The highest BCUT2D eigenvalue weighted by molar-refractivity contribution is 5.95. The van der Waals surface area contributed by atoms with Crippen LogP contribution in [0.25, 0.3) is 0 Å². The zero-order chi connectivity index (χ0) is 18.4. The number of hydrazone groups is 1. The molecule has 0 aliphatic heterocycles. The lowest BCUT2D eigenvalue weighted by Gasteiger charge is -2.13. The van der Waals surface area contributed by atoms with Crippen LogP contribution in [0, 0.1) is 6.92 Å². The summed E-state index contributed by atoms with van der Waals surface area (Å²) in [4.78, 5) is 23.2. The second kappa shape index (κ2) is 8.00. The third kappa shape index (κ3) is 4.37. The summed E-state index contributed by atoms with van der Waals surface area (Å²) in [6, 6.07) is 4.75. The fraction of sp³-hybridized carbons (Fsp3) is 0.235. The predicted octanol–water partition coefficient (Wildman–Crippen LogP) is 2.29. The minimum Gasteiger partial charge on any atom is -0.493 e. The third-order valence-electron chi connectivity index (χ3n) is 3.21. The lowest BCUT2D eigenvalue weighted by Crippen LogP contribution is -2.17. The molecule has 132 valence electrons. The Kier molecular flexibility index (Phi) is 5.78. The standard InChI is InChI=1S/C17H18N2O6/c1-10-13(5-6-24-10)17(21)19-18-9-12-7-14(22-3)16(25-11(2)20)15(8-12)23-4/h5-9H,1-4H3,(H,19,21)/b18-9+. The van der Waals surface area contributed by atoms with Gasteiger partial charge in [0.25, 0.3) is 5.91 Å². The molecule has 0 radical (unpaired) electrons. The zero-order valence-electron chi connectivity index (χ0n) is 14.3. The smallest absolute Gasteiger partial charge is 0.308 e. The highest BCUT2D eigenvalue weighted by atomic mass is 16.6. The van der Waals surface area contributed by atoms with Gasteiger partial charge in [0.15, 0.2) is 11.5 Å². The van der Waals surface area contributed by atoms with Crippen molar-refractivity contribution >= 4 is 18.1 Å². The average Bonchev–Trinajstić information content (AvgIpc) is 3.01. The Morgan fingerprint density at radius 3 is 2.32 bits per heavy atom. The molecule has 1 N–H and O–H groups in total. The van der Waals surface area contributed by atoms with Gasteiger partial charge in [-0.1, -0.05) is 0 Å². The van der Waals surface area contributed by atoms with Gasteiger partial charge in [0.05, 0.1) is 32.3 Å². The minimum absolute atomic E-state index is 0.174. The Labute approximate surface area is 144 Å². The van der Waals surface area contributed by atoms with E-state index >= 15 is 0 Å². The normalized spacial score (nSPS) is 10.6. The van der Waals surface area contributed by atoms with Crippen LogP contribution in [0.3, 0.4) is 0 Å². The first kappa shape index (κ1) is 18.1. The van der Waals surface area contributed by atoms with E-state index < -0.39 is 11.9 Å². The number of rotatable bonds is 6. The second-order valence-corrected chi connectivity index (χ2v) is 4.94. The number of ether oxygens (including phenoxy) is 3. The van der Waals surface area contributed by atoms with Gasteiger partial charge in [-0.15, -0.1) is 0 Å². The van der Waals surface area contributed by atoms with Gasteiger partial charge in [0.1, 0.15) is 5.76 Å². The summed E-state index contributed by atoms with van der Waals surface area (Å²) in [5.41, 5.74) is 3.38. The van der Waals surface area contributed by atoms with Crippen LogP contribution in [-0.2, 0) is 4.79 Å². The number of furan rings is 1. The Morgan fingerprint density at radius 2 is 1.84 bits per heavy atom. The number of benzene rings is 1. The molecular formula is C17H18N2O6. The van der Waals surface area contributed by atoms with Gasteiger partial charge in [-0.3, -0.25) is 9.59 Å². The van der Waals surface area contributed by atoms with Crippen molar-refractivity contribution in [2.24, 2.45) is 5.10 Å². The van der Waals surface area contributed by atoms with E-state index in [9.17, 15) is 9.59 Å². The second-order valence-electron chi connectivity index (χ2n) is 4.94. The van der Waals surface area contributed by atoms with E-state index in [0.29, 0.717) is 28.4 Å². The van der Waals surface area contributed by atoms with Crippen LogP contribution in [0.1, 0.15) is 28.6 Å². The maximum atomic E-state index is 11.9. The number of hydrogen-bond acceptors (Lipinski definition) is 7. The Balaban J connectivity index is 2.20. The van der Waals surface area contributed by atoms with Crippen molar-refractivity contribution in [1.29, 1.82) is 0 Å². The minimum atomic E-state index is -0.499. The van der Waals surface area contributed by atoms with Crippen LogP contribution < -0.4 is 19.6 Å². The van der Waals surface area contributed by atoms with Crippen molar-refractivity contribution < 1.29 is 28.2 Å². The molecule has 1 aromatic heterocycles. The maximum Gasteiger partial charge on any atom is 0.308 e. The quantitative estimate of drug-likeness (QED) is 0.373. The number of nitrogens with one attached hydrogen (secondary N) is 1. The van der Waals surface area contributed by atoms with E-state index in [1.165, 1.54) is 33.6 Å². The number of carbonyl (C=O) groups excluding carboxylic acids is 2. The summed E-state index contributed by atoms with van der Waals surface area (Å²) in [6.45, 7) is 2.96. The zero-order valence-corrected chi connectivity index (χ0v) is 14.3. The van der Waals surface area contributed by atoms with Crippen molar-refractivity contribution in [3.8, 4) is 17.2 Å². The van der Waals surface area contributed by atoms with Gasteiger partial charge in [0, 0.05) is 12.5 Å². The number of carbonyl (C=O) groups is 2. The summed E-state index contributed by atoms with van der Waals surface area (Å²) < 4.78 is 20.6. The molecule has 0 saturated carbocycles. The SMILES string of the molecule is COc1cc(/C=N/NC(=O)c2ccoc2C)cc(OC)c1OC(C)=O. The number of methoxy groups -OCH3 is 2. The molecular weight excluding hydrogens is 328 g/mol. The molecule has 0 aliphatic carbocycles. The molecule has 8 nitrogen and oxygen atoms in total. The van der Waals surface area contributed by atoms with Gasteiger partial charge < -0.3 is 18.6 Å². The van der Waals surface area contributed by atoms with Gasteiger partial charge >= 0.3 is 5.97 Å². The molecule has 0 spiro atoms. The number of nitrogens with zero attached hydrogens (tertiary/aromatic N) is 1. The van der Waals surface area contributed by atoms with Crippen molar-refractivity contribution in [2.75, 3.05) is 14.2 Å². The molecule has 1 heterocycles. The molecule has 0 atom stereocenters. The summed E-state index contributed by atoms with van der Waals surface area (Å²) in [5.74, 6) is 0.384. The first-order valence-electron chi connectivity index (χ1n) is 7.28. The lowest BCUT2D eigenvalue weighted by molar-refractivity contribution is -0.132. The maximum absolute atomic E-state index is 11.9. The van der Waals surface area contributed by atoms with E-state index in [0.717, 1.165) is 0 Å². The molecule has 0 fully saturated rings. The summed E-state index contributed by atoms with van der Waals surface area (Å²) in [5, 5.41) is 3.89. The molecule has 2 rings (SSSR count). The van der Waals surface area contributed by atoms with Crippen LogP contribution in [0.2, 0.25) is 0 Å². The first-order valence-corrected chi connectivity index (χ1v) is 7.28. The van der Waals surface area contributed by atoms with Crippen LogP contribution in [0.4, 0.5) is 0 Å². The van der Waals surface area contributed by atoms with Gasteiger partial charge in [-0.25, -0.2) is 5.43 Å². The van der Waals surface area contributed by atoms with Crippen molar-refractivity contribution in [3.05, 3.63) is 41.3 Å². The average molecular weight is 346 g/mol. The molecule has 0 bridgehead atoms. The molecule has 1 aromatic carbocycles. The number of amides is 1. The van der Waals surface area contributed by atoms with E-state index in [1.807, 2.05) is 0 Å². The fourth-order valence-corrected chi connectivity index (χ4v) is 2.07. The van der Waals surface area contributed by atoms with Crippen LogP contribution >= 0.6 is 0 Å². The number of esters is 1. The van der Waals surface area contributed by atoms with Crippen molar-refractivity contribution in [2.45, 2.75) is 13.8 Å². The Hall–Kier alpha value is -3.29. The molecule has 8 heteroatoms. The third-order valence-corrected chi connectivity index (χ3v) is 3.21. The van der Waals surface area contributed by atoms with Gasteiger partial charge in [-0.2, -0.15) is 5.10 Å². The highest BCUT2D eigenvalue weighted by Gasteiger charge is 2.16. The summed E-state index contributed by atoms with van der Waals surface area (Å²) >= 11 is 0. The van der Waals surface area contributed by atoms with E-state index in [2.05, 4.69) is 10.5 Å². The van der Waals surface area contributed by atoms with Crippen molar-refractivity contribution in [3.63, 3.8) is 0 Å². The largest absolute Gasteiger partial charge is 0.493 e. The lowest BCUT2D eigenvalue weighted by atomic mass is 10.2. The monoisotopic (exact) mass is 346 g/mol. The predicted molar refractivity (Wildman–Crippen MR) is 89.4 cm³/mol. The molecule has 2 aromatic rings. The van der Waals surface area contributed by atoms with Gasteiger partial charge in [0.2, 0.25) is 5.75 Å². The number of aryl methyl sites for hydroxylation is 1. The first-order chi connectivity index (χ1) is 12.0. The molecule has 25 heavy (non-hydrogen) atoms. The van der Waals surface area contributed by atoms with Gasteiger partial charge in [-0.05, 0) is 25.1 Å². The van der Waals surface area contributed by atoms with Crippen LogP contribution in [-0.4, -0.2) is 32.3 Å². The van der Waals surface area contributed by atoms with Crippen LogP contribution in [0.5, 0.6) is 17.2 Å². The Morgan fingerprint density at radius 1 is 1.20 bits per heavy atom. The fourth-order valence-electron chi connectivity index (χ4n) is 2.07. The molecule has 1 amide bonds. The Bertz CT molecular complexity index is 784. The topological polar surface area (TPSA) is 99.4 Å². The van der Waals surface area contributed by atoms with E-state index in [-0.39, 0.29) is 5.75 Å². The highest BCUT2D eigenvalue weighted by Crippen LogP contribution is 2.38. The van der Waals surface area contributed by atoms with Crippen molar-refractivity contribution in [1.82, 2.24) is 5.43 Å². The summed E-state index contributed by atoms with van der Waals surface area (Å²) in [7, 11) is 2.87. The number of hydrogen-bond donors (Lipinski definition) is 1. The van der Waals surface area contributed by atoms with E-state index in [4.69, 9.17) is 18.6 Å². The van der Waals surface area contributed by atoms with Crippen LogP contribution in [0.15, 0.2) is 34.0 Å². The molecule has 0 saturated heterocycles. The van der Waals surface area contributed by atoms with E-state index in [1.54, 1.807) is 25.1 Å². The molecule has 0 aliphatic rings. The molecule has 0 unspecified atom stereocenters. The summed E-state index contributed by atoms with van der Waals surface area (Å²) in [6.07, 6.45) is 2.84.